The van der Waals surface area contributed by atoms with E-state index in [1.807, 2.05) is 11.9 Å². The van der Waals surface area contributed by atoms with E-state index in [0.717, 1.165) is 25.8 Å². The normalized spacial score (nSPS) is 15.9. The molecule has 0 aliphatic carbocycles. The van der Waals surface area contributed by atoms with Crippen molar-refractivity contribution in [2.75, 3.05) is 18.9 Å². The zero-order chi connectivity index (χ0) is 24.3. The zero-order valence-electron chi connectivity index (χ0n) is 18.7. The lowest BCUT2D eigenvalue weighted by Gasteiger charge is -2.17. The minimum atomic E-state index is -3.92. The molecule has 0 unspecified atom stereocenters. The number of anilines is 1. The third-order valence-electron chi connectivity index (χ3n) is 5.76. The van der Waals surface area contributed by atoms with Crippen LogP contribution in [0.3, 0.4) is 0 Å². The minimum absolute atomic E-state index is 0.00849. The highest BCUT2D eigenvalue weighted by molar-refractivity contribution is 7.90. The quantitative estimate of drug-likeness (QED) is 0.420. The Kier molecular flexibility index (Phi) is 6.64. The first-order chi connectivity index (χ1) is 16.2. The molecule has 2 heterocycles. The zero-order valence-corrected chi connectivity index (χ0v) is 19.5. The standard InChI is InChI=1S/C23H25N5O5S/c1-26-12-4-2-3-8-22(26)25-34(32,33)20-7-5-6-18(15-20)24-23(29)16-27-13-11-17-14-19(28(30)31)9-10-21(17)27/h5-7,9-11,13-15H,2-4,8,12,16H2,1H3,(H,24,29)/b25-22-. The number of hydrogen-bond donors (Lipinski definition) is 1. The topological polar surface area (TPSA) is 127 Å². The smallest absolute Gasteiger partial charge is 0.284 e. The van der Waals surface area contributed by atoms with Crippen LogP contribution in [0.5, 0.6) is 0 Å². The summed E-state index contributed by atoms with van der Waals surface area (Å²) in [6.45, 7) is 0.733. The molecule has 34 heavy (non-hydrogen) atoms. The molecule has 10 nitrogen and oxygen atoms in total. The van der Waals surface area contributed by atoms with E-state index >= 15 is 0 Å². The van der Waals surface area contributed by atoms with Gasteiger partial charge in [0.25, 0.3) is 15.7 Å². The van der Waals surface area contributed by atoms with E-state index in [4.69, 9.17) is 0 Å². The van der Waals surface area contributed by atoms with Gasteiger partial charge in [0.2, 0.25) is 5.91 Å². The van der Waals surface area contributed by atoms with Gasteiger partial charge >= 0.3 is 0 Å². The van der Waals surface area contributed by atoms with Crippen LogP contribution in [0.15, 0.2) is 64.0 Å². The number of carbonyl (C=O) groups excluding carboxylic acids is 1. The Morgan fingerprint density at radius 1 is 1.15 bits per heavy atom. The summed E-state index contributed by atoms with van der Waals surface area (Å²) in [5.41, 5.74) is 0.999. The lowest BCUT2D eigenvalue weighted by Crippen LogP contribution is -2.27. The molecule has 1 aromatic heterocycles. The number of rotatable bonds is 6. The summed E-state index contributed by atoms with van der Waals surface area (Å²) in [6, 6.07) is 12.2. The van der Waals surface area contributed by atoms with E-state index in [2.05, 4.69) is 9.71 Å². The fourth-order valence-electron chi connectivity index (χ4n) is 3.96. The number of nitrogens with one attached hydrogen (secondary N) is 1. The van der Waals surface area contributed by atoms with Crippen LogP contribution in [0.1, 0.15) is 25.7 Å². The number of nitro groups is 1. The molecule has 1 N–H and O–H groups in total. The van der Waals surface area contributed by atoms with Crippen molar-refractivity contribution in [3.63, 3.8) is 0 Å². The fraction of sp³-hybridized carbons (Fsp3) is 0.304. The van der Waals surface area contributed by atoms with Crippen LogP contribution in [0, 0.1) is 10.1 Å². The van der Waals surface area contributed by atoms with Crippen molar-refractivity contribution >= 4 is 44.0 Å². The Morgan fingerprint density at radius 2 is 1.97 bits per heavy atom. The Hall–Kier alpha value is -3.73. The number of likely N-dealkylation sites (tertiary alicyclic amines) is 1. The molecule has 4 rings (SSSR count). The second-order valence-corrected chi connectivity index (χ2v) is 9.84. The molecule has 1 fully saturated rings. The number of aromatic nitrogens is 1. The van der Waals surface area contributed by atoms with E-state index in [0.29, 0.717) is 28.8 Å². The van der Waals surface area contributed by atoms with Crippen molar-refractivity contribution in [3.8, 4) is 0 Å². The predicted octanol–water partition coefficient (Wildman–Crippen LogP) is 3.78. The first-order valence-corrected chi connectivity index (χ1v) is 12.4. The minimum Gasteiger partial charge on any atom is -0.362 e. The van der Waals surface area contributed by atoms with Crippen molar-refractivity contribution < 1.29 is 18.1 Å². The number of non-ortho nitro benzene ring substituents is 1. The van der Waals surface area contributed by atoms with E-state index in [9.17, 15) is 23.3 Å². The van der Waals surface area contributed by atoms with E-state index in [1.165, 1.54) is 24.3 Å². The summed E-state index contributed by atoms with van der Waals surface area (Å²) in [6.07, 6.45) is 5.23. The highest BCUT2D eigenvalue weighted by Gasteiger charge is 2.19. The van der Waals surface area contributed by atoms with Crippen LogP contribution in [0.4, 0.5) is 11.4 Å². The third-order valence-corrected chi connectivity index (χ3v) is 7.06. The highest BCUT2D eigenvalue weighted by Crippen LogP contribution is 2.23. The molecule has 178 valence electrons. The molecule has 0 bridgehead atoms. The maximum Gasteiger partial charge on any atom is 0.284 e. The van der Waals surface area contributed by atoms with Crippen LogP contribution in [-0.4, -0.2) is 48.1 Å². The van der Waals surface area contributed by atoms with Crippen LogP contribution >= 0.6 is 0 Å². The maximum atomic E-state index is 12.9. The number of carbonyl (C=O) groups is 1. The van der Waals surface area contributed by atoms with E-state index in [-0.39, 0.29) is 23.0 Å². The van der Waals surface area contributed by atoms with Gasteiger partial charge in [0, 0.05) is 54.9 Å². The van der Waals surface area contributed by atoms with Gasteiger partial charge < -0.3 is 14.8 Å². The van der Waals surface area contributed by atoms with Gasteiger partial charge in [-0.3, -0.25) is 14.9 Å². The molecular formula is C23H25N5O5S. The third kappa shape index (κ3) is 5.25. The van der Waals surface area contributed by atoms with Gasteiger partial charge in [0.05, 0.1) is 9.82 Å². The summed E-state index contributed by atoms with van der Waals surface area (Å²) in [7, 11) is -2.08. The van der Waals surface area contributed by atoms with Crippen LogP contribution in [0.25, 0.3) is 10.9 Å². The van der Waals surface area contributed by atoms with Crippen LogP contribution in [0.2, 0.25) is 0 Å². The van der Waals surface area contributed by atoms with Crippen LogP contribution in [-0.2, 0) is 21.4 Å². The van der Waals surface area contributed by atoms with Gasteiger partial charge in [-0.1, -0.05) is 12.5 Å². The second-order valence-electron chi connectivity index (χ2n) is 8.23. The number of nitro benzene ring substituents is 1. The second kappa shape index (κ2) is 9.64. The Balaban J connectivity index is 1.49. The SMILES string of the molecule is CN1CCCCC/C1=N/S(=O)(=O)c1cccc(NC(=O)Cn2ccc3cc([N+](=O)[O-])ccc32)c1. The molecular weight excluding hydrogens is 458 g/mol. The Bertz CT molecular complexity index is 1380. The number of amidine groups is 1. The number of sulfonamides is 1. The fourth-order valence-corrected chi connectivity index (χ4v) is 5.10. The van der Waals surface area contributed by atoms with E-state index < -0.39 is 14.9 Å². The maximum absolute atomic E-state index is 12.9. The number of amides is 1. The predicted molar refractivity (Wildman–Crippen MR) is 129 cm³/mol. The Morgan fingerprint density at radius 3 is 2.76 bits per heavy atom. The number of hydrogen-bond acceptors (Lipinski definition) is 5. The molecule has 0 spiro atoms. The highest BCUT2D eigenvalue weighted by atomic mass is 32.2. The van der Waals surface area contributed by atoms with E-state index in [1.54, 1.807) is 35.0 Å². The van der Waals surface area contributed by atoms with Crippen molar-refractivity contribution in [3.05, 3.63) is 64.8 Å². The first-order valence-electron chi connectivity index (χ1n) is 10.9. The molecule has 0 atom stereocenters. The number of fused-ring (bicyclic) bond motifs is 1. The monoisotopic (exact) mass is 483 g/mol. The van der Waals surface area contributed by atoms with Crippen molar-refractivity contribution in [2.45, 2.75) is 37.1 Å². The lowest BCUT2D eigenvalue weighted by atomic mass is 10.2. The summed E-state index contributed by atoms with van der Waals surface area (Å²) in [5.74, 6) is 0.187. The van der Waals surface area contributed by atoms with Gasteiger partial charge in [-0.15, -0.1) is 4.40 Å². The molecule has 1 amide bonds. The molecule has 11 heteroatoms. The summed E-state index contributed by atoms with van der Waals surface area (Å²) >= 11 is 0. The van der Waals surface area contributed by atoms with Gasteiger partial charge in [-0.05, 0) is 43.2 Å². The van der Waals surface area contributed by atoms with Gasteiger partial charge in [0.15, 0.2) is 0 Å². The van der Waals surface area contributed by atoms with Crippen molar-refractivity contribution in [2.24, 2.45) is 4.40 Å². The van der Waals surface area contributed by atoms with Crippen molar-refractivity contribution in [1.29, 1.82) is 0 Å². The van der Waals surface area contributed by atoms with Gasteiger partial charge in [-0.2, -0.15) is 8.42 Å². The molecule has 1 saturated heterocycles. The Labute approximate surface area is 197 Å². The molecule has 1 aliphatic heterocycles. The average molecular weight is 484 g/mol. The first kappa shape index (κ1) is 23.4. The molecule has 0 radical (unpaired) electrons. The molecule has 2 aromatic carbocycles. The molecule has 3 aromatic rings. The average Bonchev–Trinajstić information content (AvgIpc) is 3.08. The summed E-state index contributed by atoms with van der Waals surface area (Å²) < 4.78 is 31.5. The summed E-state index contributed by atoms with van der Waals surface area (Å²) in [4.78, 5) is 25.0. The molecule has 1 aliphatic rings. The lowest BCUT2D eigenvalue weighted by molar-refractivity contribution is -0.384. The van der Waals surface area contributed by atoms with Crippen molar-refractivity contribution in [1.82, 2.24) is 9.47 Å². The van der Waals surface area contributed by atoms with Crippen LogP contribution < -0.4 is 5.32 Å². The molecule has 0 saturated carbocycles. The van der Waals surface area contributed by atoms with Gasteiger partial charge in [0.1, 0.15) is 12.4 Å². The number of nitrogens with zero attached hydrogens (tertiary/aromatic N) is 4. The largest absolute Gasteiger partial charge is 0.362 e. The number of benzene rings is 2. The summed E-state index contributed by atoms with van der Waals surface area (Å²) in [5, 5.41) is 14.3. The van der Waals surface area contributed by atoms with Gasteiger partial charge in [-0.25, -0.2) is 0 Å².